The van der Waals surface area contributed by atoms with Crippen molar-refractivity contribution < 1.29 is 21.6 Å². The van der Waals surface area contributed by atoms with Crippen LogP contribution in [0.3, 0.4) is 0 Å². The lowest BCUT2D eigenvalue weighted by molar-refractivity contribution is -0.119. The van der Waals surface area contributed by atoms with Crippen molar-refractivity contribution in [1.82, 2.24) is 0 Å². The van der Waals surface area contributed by atoms with E-state index in [1.807, 2.05) is 0 Å². The van der Waals surface area contributed by atoms with Gasteiger partial charge in [0.2, 0.25) is 15.9 Å². The highest BCUT2D eigenvalue weighted by Gasteiger charge is 2.33. The number of rotatable bonds is 3. The first kappa shape index (κ1) is 16.4. The van der Waals surface area contributed by atoms with E-state index in [1.165, 1.54) is 18.2 Å². The van der Waals surface area contributed by atoms with Crippen LogP contribution in [0.5, 0.6) is 0 Å². The summed E-state index contributed by atoms with van der Waals surface area (Å²) in [6.45, 7) is 0. The van der Waals surface area contributed by atoms with E-state index in [4.69, 9.17) is 5.14 Å². The molecule has 1 aliphatic heterocycles. The van der Waals surface area contributed by atoms with Gasteiger partial charge >= 0.3 is 0 Å². The lowest BCUT2D eigenvalue weighted by Gasteiger charge is -2.11. The Morgan fingerprint density at radius 3 is 2.52 bits per heavy atom. The number of hydrogen-bond acceptors (Lipinski definition) is 5. The molecule has 1 amide bonds. The molecule has 3 N–H and O–H groups in total. The van der Waals surface area contributed by atoms with Crippen molar-refractivity contribution in [2.45, 2.75) is 11.3 Å². The minimum absolute atomic E-state index is 0.0130. The molecule has 0 saturated carbocycles. The normalized spacial score (nSPS) is 21.1. The van der Waals surface area contributed by atoms with E-state index in [0.29, 0.717) is 12.1 Å². The molecule has 1 heterocycles. The molecule has 1 aliphatic rings. The van der Waals surface area contributed by atoms with Crippen LogP contribution in [0, 0.1) is 5.92 Å². The van der Waals surface area contributed by atoms with Crippen molar-refractivity contribution in [2.24, 2.45) is 11.1 Å². The second kappa shape index (κ2) is 5.67. The number of anilines is 1. The Balaban J connectivity index is 2.14. The first-order valence-corrected chi connectivity index (χ1v) is 10.1. The maximum Gasteiger partial charge on any atom is 0.239 e. The van der Waals surface area contributed by atoms with E-state index >= 15 is 0 Å². The van der Waals surface area contributed by atoms with Crippen LogP contribution < -0.4 is 10.5 Å². The first-order valence-electron chi connectivity index (χ1n) is 5.92. The molecule has 116 valence electrons. The van der Waals surface area contributed by atoms with Crippen molar-refractivity contribution in [2.75, 3.05) is 16.8 Å². The maximum atomic E-state index is 12.0. The van der Waals surface area contributed by atoms with Gasteiger partial charge in [0.15, 0.2) is 9.84 Å². The maximum absolute atomic E-state index is 12.0. The van der Waals surface area contributed by atoms with Gasteiger partial charge in [-0.2, -0.15) is 0 Å². The Labute approximate surface area is 131 Å². The second-order valence-corrected chi connectivity index (χ2v) is 9.39. The molecule has 0 spiro atoms. The van der Waals surface area contributed by atoms with Gasteiger partial charge < -0.3 is 5.32 Å². The lowest BCUT2D eigenvalue weighted by Crippen LogP contribution is -2.23. The van der Waals surface area contributed by atoms with Crippen LogP contribution in [0.15, 0.2) is 27.6 Å². The van der Waals surface area contributed by atoms with E-state index in [0.717, 1.165) is 0 Å². The molecule has 1 fully saturated rings. The van der Waals surface area contributed by atoms with Gasteiger partial charge in [0.1, 0.15) is 0 Å². The monoisotopic (exact) mass is 396 g/mol. The Morgan fingerprint density at radius 1 is 1.38 bits per heavy atom. The van der Waals surface area contributed by atoms with Crippen molar-refractivity contribution in [3.63, 3.8) is 0 Å². The van der Waals surface area contributed by atoms with Gasteiger partial charge in [-0.05, 0) is 40.5 Å². The number of amides is 1. The summed E-state index contributed by atoms with van der Waals surface area (Å²) in [5.74, 6) is -1.12. The number of sulfonamides is 1. The fourth-order valence-corrected chi connectivity index (χ4v) is 5.44. The minimum atomic E-state index is -3.85. The van der Waals surface area contributed by atoms with Crippen LogP contribution in [0.1, 0.15) is 6.42 Å². The molecule has 7 nitrogen and oxygen atoms in total. The highest BCUT2D eigenvalue weighted by molar-refractivity contribution is 9.10. The number of halogens is 1. The minimum Gasteiger partial charge on any atom is -0.326 e. The summed E-state index contributed by atoms with van der Waals surface area (Å²) in [6, 6.07) is 4.06. The molecule has 0 aromatic heterocycles. The third-order valence-electron chi connectivity index (χ3n) is 3.11. The van der Waals surface area contributed by atoms with Gasteiger partial charge in [-0.15, -0.1) is 0 Å². The number of carbonyl (C=O) groups is 1. The van der Waals surface area contributed by atoms with E-state index in [1.54, 1.807) is 0 Å². The van der Waals surface area contributed by atoms with Crippen LogP contribution in [0.25, 0.3) is 0 Å². The zero-order valence-electron chi connectivity index (χ0n) is 10.7. The van der Waals surface area contributed by atoms with E-state index in [-0.39, 0.29) is 20.9 Å². The number of benzene rings is 1. The fourth-order valence-electron chi connectivity index (χ4n) is 2.06. The summed E-state index contributed by atoms with van der Waals surface area (Å²) in [6.07, 6.45) is 0.296. The number of hydrogen-bond donors (Lipinski definition) is 2. The molecule has 1 saturated heterocycles. The standard InChI is InChI=1S/C11H13BrN2O5S2/c12-9-5-8(1-2-10(9)21(13,18)19)14-11(15)7-3-4-20(16,17)6-7/h1-2,5,7H,3-4,6H2,(H,14,15)(H2,13,18,19). The van der Waals surface area contributed by atoms with Gasteiger partial charge in [-0.3, -0.25) is 4.79 Å². The Kier molecular flexibility index (Phi) is 4.43. The summed E-state index contributed by atoms with van der Waals surface area (Å²) in [4.78, 5) is 11.9. The van der Waals surface area contributed by atoms with Crippen molar-refractivity contribution in [1.29, 1.82) is 0 Å². The van der Waals surface area contributed by atoms with Gasteiger partial charge in [0.25, 0.3) is 0 Å². The van der Waals surface area contributed by atoms with E-state index < -0.39 is 31.7 Å². The summed E-state index contributed by atoms with van der Waals surface area (Å²) >= 11 is 3.07. The Bertz CT molecular complexity index is 789. The molecule has 0 aliphatic carbocycles. The average Bonchev–Trinajstić information content (AvgIpc) is 2.68. The third kappa shape index (κ3) is 4.02. The lowest BCUT2D eigenvalue weighted by atomic mass is 10.1. The van der Waals surface area contributed by atoms with Gasteiger partial charge in [-0.25, -0.2) is 22.0 Å². The summed E-state index contributed by atoms with van der Waals surface area (Å²) in [5.41, 5.74) is 0.364. The Morgan fingerprint density at radius 2 is 2.05 bits per heavy atom. The molecule has 10 heteroatoms. The number of nitrogens with two attached hydrogens (primary N) is 1. The average molecular weight is 397 g/mol. The molecule has 21 heavy (non-hydrogen) atoms. The highest BCUT2D eigenvalue weighted by atomic mass is 79.9. The van der Waals surface area contributed by atoms with Crippen molar-refractivity contribution >= 4 is 47.4 Å². The predicted molar refractivity (Wildman–Crippen MR) is 80.9 cm³/mol. The molecule has 0 radical (unpaired) electrons. The van der Waals surface area contributed by atoms with Crippen LogP contribution in [-0.4, -0.2) is 34.2 Å². The zero-order valence-corrected chi connectivity index (χ0v) is 14.0. The highest BCUT2D eigenvalue weighted by Crippen LogP contribution is 2.26. The molecule has 0 bridgehead atoms. The number of carbonyl (C=O) groups excluding carboxylic acids is 1. The van der Waals surface area contributed by atoms with Gasteiger partial charge in [-0.1, -0.05) is 0 Å². The largest absolute Gasteiger partial charge is 0.326 e. The fraction of sp³-hybridized carbons (Fsp3) is 0.364. The molecule has 1 unspecified atom stereocenters. The van der Waals surface area contributed by atoms with Gasteiger partial charge in [0.05, 0.1) is 22.3 Å². The topological polar surface area (TPSA) is 123 Å². The molecule has 1 aromatic carbocycles. The Hall–Kier alpha value is -0.970. The smallest absolute Gasteiger partial charge is 0.239 e. The summed E-state index contributed by atoms with van der Waals surface area (Å²) < 4.78 is 45.4. The second-order valence-electron chi connectivity index (χ2n) is 4.78. The predicted octanol–water partition coefficient (Wildman–Crippen LogP) is 0.470. The molecule has 1 aromatic rings. The summed E-state index contributed by atoms with van der Waals surface area (Å²) in [5, 5.41) is 7.60. The van der Waals surface area contributed by atoms with Crippen LogP contribution in [0.2, 0.25) is 0 Å². The van der Waals surface area contributed by atoms with Gasteiger partial charge in [0, 0.05) is 10.2 Å². The van der Waals surface area contributed by atoms with Crippen molar-refractivity contribution in [3.8, 4) is 0 Å². The summed E-state index contributed by atoms with van der Waals surface area (Å²) in [7, 11) is -6.98. The number of sulfone groups is 1. The molecular weight excluding hydrogens is 384 g/mol. The zero-order chi connectivity index (χ0) is 15.8. The molecule has 2 rings (SSSR count). The first-order chi connectivity index (χ1) is 9.58. The van der Waals surface area contributed by atoms with Crippen LogP contribution in [-0.2, 0) is 24.7 Å². The van der Waals surface area contributed by atoms with E-state index in [2.05, 4.69) is 21.2 Å². The van der Waals surface area contributed by atoms with E-state index in [9.17, 15) is 21.6 Å². The number of primary sulfonamides is 1. The quantitative estimate of drug-likeness (QED) is 0.768. The third-order valence-corrected chi connectivity index (χ3v) is 6.76. The SMILES string of the molecule is NS(=O)(=O)c1ccc(NC(=O)C2CCS(=O)(=O)C2)cc1Br. The van der Waals surface area contributed by atoms with Crippen LogP contribution >= 0.6 is 15.9 Å². The molecular formula is C11H13BrN2O5S2. The van der Waals surface area contributed by atoms with Crippen molar-refractivity contribution in [3.05, 3.63) is 22.7 Å². The number of nitrogens with one attached hydrogen (secondary N) is 1. The van der Waals surface area contributed by atoms with Crippen LogP contribution in [0.4, 0.5) is 5.69 Å². The molecule has 1 atom stereocenters.